The van der Waals surface area contributed by atoms with E-state index in [1.807, 2.05) is 53.2 Å². The van der Waals surface area contributed by atoms with Crippen LogP contribution in [0.4, 0.5) is 0 Å². The molecule has 1 aromatic heterocycles. The van der Waals surface area contributed by atoms with Crippen LogP contribution in [0.2, 0.25) is 0 Å². The number of hydrogen-bond donors (Lipinski definition) is 0. The summed E-state index contributed by atoms with van der Waals surface area (Å²) in [5.41, 5.74) is 8.61. The van der Waals surface area contributed by atoms with Gasteiger partial charge in [-0.25, -0.2) is 4.68 Å². The zero-order valence-corrected chi connectivity index (χ0v) is 19.4. The van der Waals surface area contributed by atoms with E-state index in [1.54, 1.807) is 0 Å². The molecule has 2 nitrogen and oxygen atoms in total. The molecule has 0 saturated carbocycles. The summed E-state index contributed by atoms with van der Waals surface area (Å²) in [7, 11) is 0. The lowest BCUT2D eigenvalue weighted by Gasteiger charge is -2.09. The zero-order chi connectivity index (χ0) is 23.3. The molecule has 1 heterocycles. The first-order valence-electron chi connectivity index (χ1n) is 11.6. The van der Waals surface area contributed by atoms with Gasteiger partial charge >= 0.3 is 0 Å². The third-order valence-electron chi connectivity index (χ3n) is 5.89. The summed E-state index contributed by atoms with van der Waals surface area (Å²) in [4.78, 5) is 0. The molecule has 5 rings (SSSR count). The average molecular weight is 439 g/mol. The molecule has 164 valence electrons. The fourth-order valence-corrected chi connectivity index (χ4v) is 3.92. The molecule has 0 fully saturated rings. The van der Waals surface area contributed by atoms with Gasteiger partial charge in [0, 0.05) is 22.3 Å². The highest BCUT2D eigenvalue weighted by molar-refractivity contribution is 5.71. The van der Waals surface area contributed by atoms with Crippen LogP contribution in [0.25, 0.3) is 28.2 Å². The molecule has 0 aliphatic rings. The minimum absolute atomic E-state index is 0.507. The number of rotatable bonds is 4. The fourth-order valence-electron chi connectivity index (χ4n) is 3.92. The standard InChI is InChI=1S/C32H26N2/c1-24(2)27-19-21-29(22-20-27)32-23-31(33-34(32)30-11-7-4-8-12-30)28-17-15-26(16-18-28)14-13-25-9-5-3-6-10-25/h3-12,15-24H,1-2H3. The van der Waals surface area contributed by atoms with Gasteiger partial charge in [-0.15, -0.1) is 0 Å². The van der Waals surface area contributed by atoms with Crippen molar-refractivity contribution in [2.45, 2.75) is 19.8 Å². The lowest BCUT2D eigenvalue weighted by Crippen LogP contribution is -1.99. The van der Waals surface area contributed by atoms with E-state index < -0.39 is 0 Å². The molecule has 0 unspecified atom stereocenters. The quantitative estimate of drug-likeness (QED) is 0.263. The monoisotopic (exact) mass is 438 g/mol. The van der Waals surface area contributed by atoms with Crippen LogP contribution in [0.1, 0.15) is 36.5 Å². The first-order valence-corrected chi connectivity index (χ1v) is 11.6. The van der Waals surface area contributed by atoms with E-state index >= 15 is 0 Å². The number of aromatic nitrogens is 2. The van der Waals surface area contributed by atoms with Crippen LogP contribution >= 0.6 is 0 Å². The Bertz CT molecular complexity index is 1430. The molecule has 5 aromatic rings. The predicted octanol–water partition coefficient (Wildman–Crippen LogP) is 7.73. The average Bonchev–Trinajstić information content (AvgIpc) is 3.34. The minimum atomic E-state index is 0.507. The van der Waals surface area contributed by atoms with Crippen LogP contribution in [0.3, 0.4) is 0 Å². The molecule has 0 amide bonds. The van der Waals surface area contributed by atoms with Gasteiger partial charge in [0.25, 0.3) is 0 Å². The second-order valence-electron chi connectivity index (χ2n) is 8.63. The van der Waals surface area contributed by atoms with E-state index in [9.17, 15) is 0 Å². The van der Waals surface area contributed by atoms with Crippen LogP contribution in [0, 0.1) is 11.8 Å². The summed E-state index contributed by atoms with van der Waals surface area (Å²) in [6, 6.07) is 39.6. The van der Waals surface area contributed by atoms with Gasteiger partial charge in [-0.3, -0.25) is 0 Å². The molecule has 34 heavy (non-hydrogen) atoms. The Hall–Kier alpha value is -4.35. The van der Waals surface area contributed by atoms with Gasteiger partial charge in [-0.05, 0) is 53.9 Å². The Morgan fingerprint density at radius 1 is 0.618 bits per heavy atom. The zero-order valence-electron chi connectivity index (χ0n) is 19.4. The summed E-state index contributed by atoms with van der Waals surface area (Å²) in [5.74, 6) is 6.97. The number of nitrogens with zero attached hydrogens (tertiary/aromatic N) is 2. The first-order chi connectivity index (χ1) is 16.7. The van der Waals surface area contributed by atoms with Crippen molar-refractivity contribution in [3.05, 3.63) is 132 Å². The molecular weight excluding hydrogens is 412 g/mol. The summed E-state index contributed by atoms with van der Waals surface area (Å²) < 4.78 is 2.03. The van der Waals surface area contributed by atoms with E-state index in [0.717, 1.165) is 39.3 Å². The molecule has 0 radical (unpaired) electrons. The van der Waals surface area contributed by atoms with Gasteiger partial charge in [0.05, 0.1) is 17.1 Å². The Labute approximate surface area is 201 Å². The van der Waals surface area contributed by atoms with Crippen molar-refractivity contribution in [3.63, 3.8) is 0 Å². The van der Waals surface area contributed by atoms with Crippen LogP contribution < -0.4 is 0 Å². The van der Waals surface area contributed by atoms with Gasteiger partial charge in [0.15, 0.2) is 0 Å². The van der Waals surface area contributed by atoms with Crippen molar-refractivity contribution in [2.24, 2.45) is 0 Å². The van der Waals surface area contributed by atoms with Gasteiger partial charge in [0.1, 0.15) is 0 Å². The maximum Gasteiger partial charge on any atom is 0.0934 e. The lowest BCUT2D eigenvalue weighted by atomic mass is 10.0. The fraction of sp³-hybridized carbons (Fsp3) is 0.0938. The van der Waals surface area contributed by atoms with E-state index in [0.29, 0.717) is 5.92 Å². The van der Waals surface area contributed by atoms with E-state index in [-0.39, 0.29) is 0 Å². The van der Waals surface area contributed by atoms with Gasteiger partial charge in [0.2, 0.25) is 0 Å². The van der Waals surface area contributed by atoms with Crippen molar-refractivity contribution < 1.29 is 0 Å². The topological polar surface area (TPSA) is 17.8 Å². The highest BCUT2D eigenvalue weighted by Crippen LogP contribution is 2.30. The molecule has 0 bridgehead atoms. The van der Waals surface area contributed by atoms with Crippen molar-refractivity contribution in [1.29, 1.82) is 0 Å². The summed E-state index contributed by atoms with van der Waals surface area (Å²) in [6.07, 6.45) is 0. The van der Waals surface area contributed by atoms with Crippen LogP contribution in [0.5, 0.6) is 0 Å². The highest BCUT2D eigenvalue weighted by atomic mass is 15.3. The SMILES string of the molecule is CC(C)c1ccc(-c2cc(-c3ccc(C#Cc4ccccc4)cc3)nn2-c2ccccc2)cc1. The van der Waals surface area contributed by atoms with Gasteiger partial charge in [-0.1, -0.05) is 98.5 Å². The maximum absolute atomic E-state index is 4.99. The molecule has 0 atom stereocenters. The van der Waals surface area contributed by atoms with Crippen molar-refractivity contribution in [1.82, 2.24) is 9.78 Å². The van der Waals surface area contributed by atoms with Crippen LogP contribution in [0.15, 0.2) is 115 Å². The number of hydrogen-bond acceptors (Lipinski definition) is 1. The summed E-state index contributed by atoms with van der Waals surface area (Å²) >= 11 is 0. The molecule has 0 spiro atoms. The molecule has 0 N–H and O–H groups in total. The van der Waals surface area contributed by atoms with Crippen LogP contribution in [-0.4, -0.2) is 9.78 Å². The molecule has 4 aromatic carbocycles. The summed E-state index contributed by atoms with van der Waals surface area (Å²) in [6.45, 7) is 4.43. The molecule has 2 heteroatoms. The number of para-hydroxylation sites is 1. The van der Waals surface area contributed by atoms with Gasteiger partial charge in [-0.2, -0.15) is 5.10 Å². The smallest absolute Gasteiger partial charge is 0.0934 e. The normalized spacial score (nSPS) is 10.7. The van der Waals surface area contributed by atoms with E-state index in [2.05, 4.69) is 92.4 Å². The second kappa shape index (κ2) is 9.65. The van der Waals surface area contributed by atoms with Gasteiger partial charge < -0.3 is 0 Å². The Morgan fingerprint density at radius 3 is 1.79 bits per heavy atom. The largest absolute Gasteiger partial charge is 0.232 e. The Balaban J connectivity index is 1.50. The molecule has 0 aliphatic heterocycles. The van der Waals surface area contributed by atoms with E-state index in [1.165, 1.54) is 5.56 Å². The Morgan fingerprint density at radius 2 is 1.18 bits per heavy atom. The van der Waals surface area contributed by atoms with Crippen molar-refractivity contribution in [2.75, 3.05) is 0 Å². The van der Waals surface area contributed by atoms with E-state index in [4.69, 9.17) is 5.10 Å². The first kappa shape index (κ1) is 21.5. The third kappa shape index (κ3) is 4.70. The molecule has 0 saturated heterocycles. The maximum atomic E-state index is 4.99. The molecule has 0 aliphatic carbocycles. The minimum Gasteiger partial charge on any atom is -0.232 e. The van der Waals surface area contributed by atoms with Crippen molar-refractivity contribution >= 4 is 0 Å². The lowest BCUT2D eigenvalue weighted by molar-refractivity contribution is 0.865. The van der Waals surface area contributed by atoms with Crippen molar-refractivity contribution in [3.8, 4) is 40.0 Å². The predicted molar refractivity (Wildman–Crippen MR) is 141 cm³/mol. The van der Waals surface area contributed by atoms with Crippen LogP contribution in [-0.2, 0) is 0 Å². The number of benzene rings is 4. The third-order valence-corrected chi connectivity index (χ3v) is 5.89. The molecular formula is C32H26N2. The highest BCUT2D eigenvalue weighted by Gasteiger charge is 2.13. The Kier molecular flexibility index (Phi) is 6.10. The summed E-state index contributed by atoms with van der Waals surface area (Å²) in [5, 5.41) is 4.99. The second-order valence-corrected chi connectivity index (χ2v) is 8.63.